The molecule has 1 aliphatic heterocycles. The summed E-state index contributed by atoms with van der Waals surface area (Å²) in [6.45, 7) is 33.4. The van der Waals surface area contributed by atoms with Gasteiger partial charge in [-0.3, -0.25) is 57.5 Å². The highest BCUT2D eigenvalue weighted by molar-refractivity contribution is 6.00. The largest absolute Gasteiger partial charge is 0.462 e. The summed E-state index contributed by atoms with van der Waals surface area (Å²) < 4.78 is 32.4. The van der Waals surface area contributed by atoms with Crippen LogP contribution >= 0.6 is 0 Å². The van der Waals surface area contributed by atoms with Crippen molar-refractivity contribution in [2.45, 2.75) is 337 Å². The highest BCUT2D eigenvalue weighted by Gasteiger charge is 2.41. The Labute approximate surface area is 726 Å². The van der Waals surface area contributed by atoms with Crippen LogP contribution in [-0.4, -0.2) is 258 Å². The van der Waals surface area contributed by atoms with Crippen molar-refractivity contribution in [3.05, 3.63) is 35.9 Å². The second-order valence-electron chi connectivity index (χ2n) is 36.5. The van der Waals surface area contributed by atoms with Gasteiger partial charge in [0.1, 0.15) is 88.4 Å². The van der Waals surface area contributed by atoms with Crippen molar-refractivity contribution in [1.82, 2.24) is 85.1 Å². The third-order valence-corrected chi connectivity index (χ3v) is 17.7. The average molecular weight is 1760 g/mol. The molecule has 41 heteroatoms. The number of rotatable bonds is 34. The number of hydrogen-bond donors (Lipinski definition) is 18. The Morgan fingerprint density at radius 2 is 0.847 bits per heavy atom. The quantitative estimate of drug-likeness (QED) is 0.0267. The number of hydrogen-bond acceptors (Lipinski definition) is 25. The van der Waals surface area contributed by atoms with Crippen LogP contribution in [0.4, 0.5) is 24.0 Å². The third-order valence-electron chi connectivity index (χ3n) is 17.7. The normalized spacial score (nSPS) is 19.8. The minimum atomic E-state index is -2.03. The molecule has 2 rings (SSSR count). The Bertz CT molecular complexity index is 3750. The molecule has 1 heterocycles. The number of esters is 1. The molecule has 124 heavy (non-hydrogen) atoms. The summed E-state index contributed by atoms with van der Waals surface area (Å²) in [6, 6.07) is -9.58. The van der Waals surface area contributed by atoms with Crippen LogP contribution in [0.1, 0.15) is 229 Å². The molecule has 0 aromatic heterocycles. The van der Waals surface area contributed by atoms with Crippen LogP contribution in [0.25, 0.3) is 0 Å². The fourth-order valence-electron chi connectivity index (χ4n) is 11.5. The molecule has 2 unspecified atom stereocenters. The maximum absolute atomic E-state index is 15.5. The van der Waals surface area contributed by atoms with Gasteiger partial charge in [0.25, 0.3) is 0 Å². The highest BCUT2D eigenvalue weighted by Crippen LogP contribution is 2.24. The second kappa shape index (κ2) is 50.8. The van der Waals surface area contributed by atoms with Gasteiger partial charge in [-0.15, -0.1) is 0 Å². The molecule has 41 nitrogen and oxygen atoms in total. The van der Waals surface area contributed by atoms with Crippen LogP contribution in [0, 0.1) is 11.3 Å². The van der Waals surface area contributed by atoms with Crippen molar-refractivity contribution in [1.29, 1.82) is 0 Å². The summed E-state index contributed by atoms with van der Waals surface area (Å²) in [5.74, 6) is -13.4. The molecule has 0 aliphatic carbocycles. The lowest BCUT2D eigenvalue weighted by molar-refractivity contribution is -0.160. The van der Waals surface area contributed by atoms with Crippen LogP contribution in [0.2, 0.25) is 0 Å². The molecule has 1 aliphatic rings. The molecule has 13 atom stereocenters. The number of ether oxygens (including phenoxy) is 6. The average Bonchev–Trinajstić information content (AvgIpc) is 0.932. The number of carbonyl (C=O) groups excluding carboxylic acids is 17. The van der Waals surface area contributed by atoms with Gasteiger partial charge in [-0.05, 0) is 208 Å². The molecule has 1 saturated heterocycles. The van der Waals surface area contributed by atoms with Crippen LogP contribution < -0.4 is 85.1 Å². The van der Waals surface area contributed by atoms with E-state index in [1.807, 2.05) is 0 Å². The molecule has 1 fully saturated rings. The molecule has 0 radical (unpaired) electrons. The van der Waals surface area contributed by atoms with Gasteiger partial charge >= 0.3 is 36.4 Å². The second-order valence-corrected chi connectivity index (χ2v) is 36.5. The first-order chi connectivity index (χ1) is 57.2. The molecule has 1 aromatic carbocycles. The summed E-state index contributed by atoms with van der Waals surface area (Å²) in [4.78, 5) is 242. The van der Waals surface area contributed by atoms with Crippen LogP contribution in [0.15, 0.2) is 30.3 Å². The van der Waals surface area contributed by atoms with Gasteiger partial charge in [0, 0.05) is 52.1 Å². The van der Waals surface area contributed by atoms with E-state index in [0.717, 1.165) is 13.8 Å². The van der Waals surface area contributed by atoms with E-state index in [2.05, 4.69) is 85.1 Å². The first kappa shape index (κ1) is 109. The van der Waals surface area contributed by atoms with Gasteiger partial charge < -0.3 is 124 Å². The summed E-state index contributed by atoms with van der Waals surface area (Å²) in [5.41, 5.74) is -5.96. The van der Waals surface area contributed by atoms with E-state index >= 15 is 19.2 Å². The molecule has 0 spiro atoms. The third kappa shape index (κ3) is 45.5. The molecule has 18 N–H and O–H groups in total. The first-order valence-corrected chi connectivity index (χ1v) is 41.9. The smallest absolute Gasteiger partial charge is 0.407 e. The van der Waals surface area contributed by atoms with Gasteiger partial charge in [0.2, 0.25) is 65.0 Å². The van der Waals surface area contributed by atoms with Crippen LogP contribution in [-0.2, 0) is 92.4 Å². The van der Waals surface area contributed by atoms with Crippen molar-refractivity contribution in [3.63, 3.8) is 0 Å². The lowest BCUT2D eigenvalue weighted by Gasteiger charge is -2.29. The minimum absolute atomic E-state index is 0.128. The lowest BCUT2D eigenvalue weighted by atomic mass is 9.88. The molecular formula is C83H140N16O25. The number of benzene rings is 1. The first-order valence-electron chi connectivity index (χ1n) is 41.9. The molecule has 0 bridgehead atoms. The van der Waals surface area contributed by atoms with Crippen LogP contribution in [0.5, 0.6) is 0 Å². The Hall–Kier alpha value is -10.9. The summed E-state index contributed by atoms with van der Waals surface area (Å²) in [6.07, 6.45) is -12.3. The molecular weight excluding hydrogens is 1620 g/mol. The van der Waals surface area contributed by atoms with Gasteiger partial charge in [0.15, 0.2) is 0 Å². The van der Waals surface area contributed by atoms with Crippen molar-refractivity contribution < 1.29 is 120 Å². The number of aliphatic hydroxyl groups excluding tert-OH is 2. The van der Waals surface area contributed by atoms with E-state index in [9.17, 15) is 72.5 Å². The van der Waals surface area contributed by atoms with E-state index in [0.29, 0.717) is 12.0 Å². The van der Waals surface area contributed by atoms with E-state index in [-0.39, 0.29) is 45.3 Å². The van der Waals surface area contributed by atoms with E-state index in [1.54, 1.807) is 162 Å². The fraction of sp³-hybridized carbons (Fsp3) is 0.723. The number of alkyl carbamates (subject to hydrolysis) is 5. The van der Waals surface area contributed by atoms with Crippen LogP contribution in [0.3, 0.4) is 0 Å². The molecule has 0 saturated carbocycles. The van der Waals surface area contributed by atoms with Gasteiger partial charge in [-0.1, -0.05) is 51.1 Å². The van der Waals surface area contributed by atoms with Crippen molar-refractivity contribution in [2.75, 3.05) is 39.3 Å². The van der Waals surface area contributed by atoms with E-state index in [1.165, 1.54) is 13.8 Å². The number of nitrogens with one attached hydrogen (secondary N) is 16. The van der Waals surface area contributed by atoms with Gasteiger partial charge in [-0.2, -0.15) is 0 Å². The summed E-state index contributed by atoms with van der Waals surface area (Å²) >= 11 is 0. The molecule has 1 aromatic rings. The predicted octanol–water partition coefficient (Wildman–Crippen LogP) is 2.13. The van der Waals surface area contributed by atoms with Gasteiger partial charge in [0.05, 0.1) is 23.7 Å². The van der Waals surface area contributed by atoms with Crippen molar-refractivity contribution in [3.8, 4) is 0 Å². The Kier molecular flexibility index (Phi) is 44.7. The topological polar surface area (TPSA) is 579 Å². The molecule has 16 amide bonds. The van der Waals surface area contributed by atoms with Crippen molar-refractivity contribution in [2.24, 2.45) is 11.3 Å². The Balaban J connectivity index is 3.14. The lowest BCUT2D eigenvalue weighted by Crippen LogP contribution is -2.62. The predicted molar refractivity (Wildman–Crippen MR) is 453 cm³/mol. The summed E-state index contributed by atoms with van der Waals surface area (Å²) in [5, 5.41) is 63.2. The zero-order chi connectivity index (χ0) is 94.6. The number of carbonyl (C=O) groups is 17. The maximum Gasteiger partial charge on any atom is 0.407 e. The van der Waals surface area contributed by atoms with E-state index < -0.39 is 278 Å². The zero-order valence-corrected chi connectivity index (χ0v) is 76.3. The Morgan fingerprint density at radius 1 is 0.452 bits per heavy atom. The molecule has 702 valence electrons. The highest BCUT2D eigenvalue weighted by atomic mass is 16.6. The monoisotopic (exact) mass is 1760 g/mol. The number of aliphatic hydroxyl groups is 2. The number of amides is 16. The standard InChI is InChI=1S/C83H140N16O25/c1-24-47(4)119-72(113)83(22,23)45-59(102)90-52(33-39-86-74(115)121-79(10,11)12)66(107)99-61(49(6)101)71(112)95-55(35-41-88-76(117)123-81(16,17)18)65(106)92-53-32-38-84-70(111)60(48(5)100)98-67(108)56(36-42-89-77(118)124-82(19,20)21)93-64(105)54(34-40-87-75(116)122-80(13,14)15)94-68(109)57(43-46(2)3)96-69(110)58(44-50-29-26-25-27-30-50)97-62(103)51(91-63(53)104)31-28-37-85-73(114)120-78(7,8)9/h25-27,29-30,46-49,51-58,60-61,100-101H,24,28,31-45H2,1-23H3,(H,84,111)(H,85,114)(H,86,115)(H,87,116)(H,88,117)(H,89,118)(H,90,102)(H,91,104)(H,92,106)(H,93,105)(H,94,109)(H,95,112)(H,96,110)(H,97,103)(H,98,108)(H,99,107)/t47?,48-,49?,51-,52-,53-,54-,55-,56-,57-,58+,60-,61-/m0/s1. The fourth-order valence-corrected chi connectivity index (χ4v) is 11.5. The van der Waals surface area contributed by atoms with E-state index in [4.69, 9.17) is 28.4 Å². The minimum Gasteiger partial charge on any atom is -0.462 e. The van der Waals surface area contributed by atoms with Gasteiger partial charge in [-0.25, -0.2) is 24.0 Å². The van der Waals surface area contributed by atoms with Crippen molar-refractivity contribution >= 4 is 101 Å². The maximum atomic E-state index is 15.5. The summed E-state index contributed by atoms with van der Waals surface area (Å²) in [7, 11) is 0. The Morgan fingerprint density at radius 3 is 1.28 bits per heavy atom. The SMILES string of the molecule is CCC(C)OC(=O)C(C)(C)CC(=O)N[C@@H](CCNC(=O)OC(C)(C)C)C(=O)N[C@H](C(=O)N[C@@H](CCNC(=O)OC(C)(C)C)C(=O)N[C@H]1CCNC(=O)[C@H]([C@H](C)O)NC(=O)[C@H](CCNC(=O)OC(C)(C)C)NC(=O)[C@H](CCNC(=O)OC(C)(C)C)NC(=O)[C@H](CC(C)C)NC(=O)[C@@H](Cc2ccccc2)NC(=O)[C@H](CCCNC(=O)OC(C)(C)C)NC1=O)C(C)O. The zero-order valence-electron chi connectivity index (χ0n) is 76.3.